The summed E-state index contributed by atoms with van der Waals surface area (Å²) in [4.78, 5) is 38.8. The molecule has 0 spiro atoms. The first-order chi connectivity index (χ1) is 17.7. The Kier molecular flexibility index (Phi) is 7.94. The molecule has 3 aromatic carbocycles. The highest BCUT2D eigenvalue weighted by Gasteiger charge is 2.21. The molecule has 3 amide bonds. The Labute approximate surface area is 220 Å². The normalized spacial score (nSPS) is 10.8. The monoisotopic (exact) mass is 516 g/mol. The van der Waals surface area contributed by atoms with Crippen LogP contribution in [0.4, 0.5) is 11.4 Å². The maximum absolute atomic E-state index is 13.2. The fourth-order valence-electron chi connectivity index (χ4n) is 4.19. The van der Waals surface area contributed by atoms with Crippen molar-refractivity contribution in [2.24, 2.45) is 0 Å². The van der Waals surface area contributed by atoms with E-state index in [1.165, 1.54) is 10.2 Å². The molecule has 3 N–H and O–H groups in total. The summed E-state index contributed by atoms with van der Waals surface area (Å²) in [5, 5.41) is 6.61. The SMILES string of the molecule is CCCCc1ccc(NC(=O)C(=O)Nn2c(C(=O)Nc3cc(C)cc(C)c3)cc3cc(Cl)ccc32)cc1. The van der Waals surface area contributed by atoms with Gasteiger partial charge in [0.15, 0.2) is 0 Å². The summed E-state index contributed by atoms with van der Waals surface area (Å²) >= 11 is 6.15. The quantitative estimate of drug-likeness (QED) is 0.255. The molecule has 7 nitrogen and oxygen atoms in total. The van der Waals surface area contributed by atoms with Crippen molar-refractivity contribution >= 4 is 51.6 Å². The molecule has 0 atom stereocenters. The molecule has 37 heavy (non-hydrogen) atoms. The standard InChI is InChI=1S/C29H29ClN4O3/c1-4-5-6-20-7-10-23(11-8-20)31-28(36)29(37)33-34-25-12-9-22(30)16-21(25)17-26(34)27(35)32-24-14-18(2)13-19(3)15-24/h7-17H,4-6H2,1-3H3,(H,31,36)(H,32,35)(H,33,37). The van der Waals surface area contributed by atoms with Crippen molar-refractivity contribution in [1.29, 1.82) is 0 Å². The van der Waals surface area contributed by atoms with Gasteiger partial charge in [0.2, 0.25) is 0 Å². The van der Waals surface area contributed by atoms with E-state index in [4.69, 9.17) is 11.6 Å². The molecule has 0 fully saturated rings. The Morgan fingerprint density at radius 2 is 1.51 bits per heavy atom. The second kappa shape index (κ2) is 11.3. The summed E-state index contributed by atoms with van der Waals surface area (Å²) < 4.78 is 1.30. The number of anilines is 2. The fourth-order valence-corrected chi connectivity index (χ4v) is 4.37. The van der Waals surface area contributed by atoms with Crippen LogP contribution in [0.3, 0.4) is 0 Å². The zero-order chi connectivity index (χ0) is 26.5. The number of carbonyl (C=O) groups is 3. The smallest absolute Gasteiger partial charge is 0.321 e. The highest BCUT2D eigenvalue weighted by molar-refractivity contribution is 6.42. The van der Waals surface area contributed by atoms with E-state index in [-0.39, 0.29) is 5.69 Å². The summed E-state index contributed by atoms with van der Waals surface area (Å²) in [6.07, 6.45) is 3.15. The molecule has 0 saturated carbocycles. The number of amides is 3. The van der Waals surface area contributed by atoms with Gasteiger partial charge in [0.05, 0.1) is 5.52 Å². The molecule has 0 saturated heterocycles. The minimum absolute atomic E-state index is 0.151. The number of rotatable bonds is 7. The third-order valence-corrected chi connectivity index (χ3v) is 6.16. The molecule has 4 rings (SSSR count). The van der Waals surface area contributed by atoms with Crippen molar-refractivity contribution in [1.82, 2.24) is 4.68 Å². The molecule has 0 radical (unpaired) electrons. The molecule has 0 bridgehead atoms. The molecule has 0 unspecified atom stereocenters. The van der Waals surface area contributed by atoms with E-state index in [2.05, 4.69) is 23.0 Å². The highest BCUT2D eigenvalue weighted by atomic mass is 35.5. The molecule has 8 heteroatoms. The van der Waals surface area contributed by atoms with Crippen LogP contribution in [0.25, 0.3) is 10.9 Å². The number of halogens is 1. The van der Waals surface area contributed by atoms with Crippen molar-refractivity contribution in [3.63, 3.8) is 0 Å². The van der Waals surface area contributed by atoms with Crippen LogP contribution in [-0.4, -0.2) is 22.4 Å². The van der Waals surface area contributed by atoms with Gasteiger partial charge in [0, 0.05) is 21.8 Å². The zero-order valence-corrected chi connectivity index (χ0v) is 21.8. The number of unbranched alkanes of at least 4 members (excludes halogenated alkanes) is 1. The predicted octanol–water partition coefficient (Wildman–Crippen LogP) is 6.22. The maximum atomic E-state index is 13.2. The van der Waals surface area contributed by atoms with Crippen LogP contribution in [0.5, 0.6) is 0 Å². The van der Waals surface area contributed by atoms with Crippen molar-refractivity contribution in [2.45, 2.75) is 40.0 Å². The van der Waals surface area contributed by atoms with Gasteiger partial charge >= 0.3 is 11.8 Å². The van der Waals surface area contributed by atoms with E-state index < -0.39 is 17.7 Å². The number of nitrogens with zero attached hydrogens (tertiary/aromatic N) is 1. The lowest BCUT2D eigenvalue weighted by molar-refractivity contribution is -0.133. The van der Waals surface area contributed by atoms with Crippen LogP contribution < -0.4 is 16.1 Å². The number of benzene rings is 3. The Balaban J connectivity index is 1.56. The van der Waals surface area contributed by atoms with E-state index in [9.17, 15) is 14.4 Å². The fraction of sp³-hybridized carbons (Fsp3) is 0.207. The largest absolute Gasteiger partial charge is 0.328 e. The van der Waals surface area contributed by atoms with Crippen molar-refractivity contribution < 1.29 is 14.4 Å². The molecule has 190 valence electrons. The van der Waals surface area contributed by atoms with Crippen LogP contribution in [-0.2, 0) is 16.0 Å². The lowest BCUT2D eigenvalue weighted by Gasteiger charge is -2.13. The van der Waals surface area contributed by atoms with Gasteiger partial charge in [0.1, 0.15) is 5.69 Å². The first-order valence-electron chi connectivity index (χ1n) is 12.2. The van der Waals surface area contributed by atoms with E-state index >= 15 is 0 Å². The number of fused-ring (bicyclic) bond motifs is 1. The molecule has 0 aliphatic carbocycles. The van der Waals surface area contributed by atoms with E-state index in [1.807, 2.05) is 44.2 Å². The van der Waals surface area contributed by atoms with Gasteiger partial charge < -0.3 is 10.6 Å². The minimum Gasteiger partial charge on any atom is -0.321 e. The van der Waals surface area contributed by atoms with E-state index in [0.29, 0.717) is 27.3 Å². The maximum Gasteiger partial charge on any atom is 0.328 e. The zero-order valence-electron chi connectivity index (χ0n) is 21.0. The van der Waals surface area contributed by atoms with Crippen LogP contribution in [0.1, 0.15) is 46.9 Å². The molecule has 4 aromatic rings. The molecule has 0 aliphatic heterocycles. The van der Waals surface area contributed by atoms with Gasteiger partial charge in [-0.1, -0.05) is 43.1 Å². The van der Waals surface area contributed by atoms with Crippen LogP contribution >= 0.6 is 11.6 Å². The first kappa shape index (κ1) is 26.0. The Bertz CT molecular complexity index is 1450. The minimum atomic E-state index is -0.914. The Morgan fingerprint density at radius 1 is 0.811 bits per heavy atom. The number of hydrogen-bond acceptors (Lipinski definition) is 3. The molecule has 1 heterocycles. The van der Waals surface area contributed by atoms with Gasteiger partial charge in [-0.2, -0.15) is 0 Å². The van der Waals surface area contributed by atoms with Crippen molar-refractivity contribution in [3.05, 3.63) is 94.1 Å². The number of carbonyl (C=O) groups excluding carboxylic acids is 3. The van der Waals surface area contributed by atoms with Gasteiger partial charge in [-0.25, -0.2) is 4.68 Å². The average Bonchev–Trinajstić information content (AvgIpc) is 3.20. The first-order valence-corrected chi connectivity index (χ1v) is 12.5. The van der Waals surface area contributed by atoms with Gasteiger partial charge in [0.25, 0.3) is 5.91 Å². The van der Waals surface area contributed by atoms with Gasteiger partial charge in [-0.05, 0) is 91.9 Å². The highest BCUT2D eigenvalue weighted by Crippen LogP contribution is 2.24. The topological polar surface area (TPSA) is 92.2 Å². The summed E-state index contributed by atoms with van der Waals surface area (Å²) in [5.74, 6) is -2.21. The van der Waals surface area contributed by atoms with Crippen LogP contribution in [0.2, 0.25) is 5.02 Å². The summed E-state index contributed by atoms with van der Waals surface area (Å²) in [6, 6.07) is 19.8. The molecular weight excluding hydrogens is 488 g/mol. The summed E-state index contributed by atoms with van der Waals surface area (Å²) in [7, 11) is 0. The predicted molar refractivity (Wildman–Crippen MR) is 149 cm³/mol. The van der Waals surface area contributed by atoms with Gasteiger partial charge in [-0.15, -0.1) is 0 Å². The Morgan fingerprint density at radius 3 is 2.19 bits per heavy atom. The molecule has 1 aromatic heterocycles. The number of hydrogen-bond donors (Lipinski definition) is 3. The average molecular weight is 517 g/mol. The van der Waals surface area contributed by atoms with E-state index in [1.54, 1.807) is 36.4 Å². The van der Waals surface area contributed by atoms with Crippen LogP contribution in [0, 0.1) is 13.8 Å². The van der Waals surface area contributed by atoms with E-state index in [0.717, 1.165) is 30.4 Å². The number of nitrogens with one attached hydrogen (secondary N) is 3. The number of aryl methyl sites for hydroxylation is 3. The molecular formula is C29H29ClN4O3. The van der Waals surface area contributed by atoms with Crippen molar-refractivity contribution in [3.8, 4) is 0 Å². The number of aromatic nitrogens is 1. The summed E-state index contributed by atoms with van der Waals surface area (Å²) in [6.45, 7) is 6.02. The van der Waals surface area contributed by atoms with Gasteiger partial charge in [-0.3, -0.25) is 19.8 Å². The molecule has 0 aliphatic rings. The second-order valence-electron chi connectivity index (χ2n) is 9.09. The van der Waals surface area contributed by atoms with Crippen molar-refractivity contribution in [2.75, 3.05) is 16.1 Å². The lowest BCUT2D eigenvalue weighted by atomic mass is 10.1. The second-order valence-corrected chi connectivity index (χ2v) is 9.53. The lowest BCUT2D eigenvalue weighted by Crippen LogP contribution is -2.36. The third-order valence-electron chi connectivity index (χ3n) is 5.93. The van der Waals surface area contributed by atoms with Crippen LogP contribution in [0.15, 0.2) is 66.7 Å². The third kappa shape index (κ3) is 6.37. The summed E-state index contributed by atoms with van der Waals surface area (Å²) in [5.41, 5.74) is 7.56. The Hall–Kier alpha value is -4.10.